The molecule has 1 aromatic heterocycles. The summed E-state index contributed by atoms with van der Waals surface area (Å²) in [7, 11) is 0. The molecule has 0 saturated heterocycles. The molecule has 0 fully saturated rings. The highest BCUT2D eigenvalue weighted by Crippen LogP contribution is 2.27. The summed E-state index contributed by atoms with van der Waals surface area (Å²) in [6, 6.07) is 9.59. The zero-order chi connectivity index (χ0) is 15.0. The van der Waals surface area contributed by atoms with E-state index in [1.807, 2.05) is 25.1 Å². The fourth-order valence-electron chi connectivity index (χ4n) is 1.98. The lowest BCUT2D eigenvalue weighted by molar-refractivity contribution is 0.102. The first kappa shape index (κ1) is 13.4. The number of fused-ring (bicyclic) bond motifs is 1. The average Bonchev–Trinajstić information content (AvgIpc) is 2.78. The molecule has 6 heteroatoms. The Labute approximate surface area is 124 Å². The number of carbonyl (C=O) groups excluding carboxylic acids is 1. The SMILES string of the molecule is Cc1ccc2nc(NC(=O)c3cc(O)cc(O)c3)sc2c1. The number of hydrogen-bond donors (Lipinski definition) is 3. The van der Waals surface area contributed by atoms with Gasteiger partial charge in [0.05, 0.1) is 10.2 Å². The van der Waals surface area contributed by atoms with Gasteiger partial charge in [0.1, 0.15) is 11.5 Å². The lowest BCUT2D eigenvalue weighted by atomic mass is 10.2. The molecule has 0 atom stereocenters. The highest BCUT2D eigenvalue weighted by atomic mass is 32.1. The molecule has 2 aromatic carbocycles. The van der Waals surface area contributed by atoms with Crippen LogP contribution in [0.5, 0.6) is 11.5 Å². The second kappa shape index (κ2) is 5.06. The van der Waals surface area contributed by atoms with Crippen LogP contribution in [0.2, 0.25) is 0 Å². The molecule has 3 aromatic rings. The van der Waals surface area contributed by atoms with Crippen LogP contribution < -0.4 is 5.32 Å². The summed E-state index contributed by atoms with van der Waals surface area (Å²) < 4.78 is 0.990. The van der Waals surface area contributed by atoms with E-state index in [0.717, 1.165) is 21.8 Å². The molecule has 1 amide bonds. The largest absolute Gasteiger partial charge is 0.508 e. The highest BCUT2D eigenvalue weighted by molar-refractivity contribution is 7.22. The van der Waals surface area contributed by atoms with Crippen LogP contribution in [-0.2, 0) is 0 Å². The van der Waals surface area contributed by atoms with Gasteiger partial charge in [-0.25, -0.2) is 4.98 Å². The van der Waals surface area contributed by atoms with Crippen molar-refractivity contribution in [1.82, 2.24) is 4.98 Å². The number of carbonyl (C=O) groups is 1. The quantitative estimate of drug-likeness (QED) is 0.678. The van der Waals surface area contributed by atoms with Gasteiger partial charge in [0, 0.05) is 11.6 Å². The second-order valence-corrected chi connectivity index (χ2v) is 5.71. The van der Waals surface area contributed by atoms with Gasteiger partial charge < -0.3 is 10.2 Å². The summed E-state index contributed by atoms with van der Waals surface area (Å²) >= 11 is 1.37. The maximum Gasteiger partial charge on any atom is 0.257 e. The second-order valence-electron chi connectivity index (χ2n) is 4.68. The molecule has 0 spiro atoms. The number of rotatable bonds is 2. The third-order valence-electron chi connectivity index (χ3n) is 2.93. The normalized spacial score (nSPS) is 10.7. The van der Waals surface area contributed by atoms with Crippen LogP contribution in [0.25, 0.3) is 10.2 Å². The number of anilines is 1. The lowest BCUT2D eigenvalue weighted by Crippen LogP contribution is -2.11. The van der Waals surface area contributed by atoms with Crippen molar-refractivity contribution in [2.45, 2.75) is 6.92 Å². The molecule has 1 heterocycles. The minimum atomic E-state index is -0.433. The molecule has 0 saturated carbocycles. The number of phenolic OH excluding ortho intramolecular Hbond substituents is 2. The molecule has 0 bridgehead atoms. The summed E-state index contributed by atoms with van der Waals surface area (Å²) in [4.78, 5) is 16.4. The summed E-state index contributed by atoms with van der Waals surface area (Å²) in [5.74, 6) is -0.767. The number of aromatic hydroxyl groups is 2. The number of nitrogens with one attached hydrogen (secondary N) is 1. The number of aryl methyl sites for hydroxylation is 1. The Morgan fingerprint density at radius 2 is 1.86 bits per heavy atom. The fraction of sp³-hybridized carbons (Fsp3) is 0.0667. The van der Waals surface area contributed by atoms with Crippen molar-refractivity contribution in [1.29, 1.82) is 0 Å². The van der Waals surface area contributed by atoms with Crippen LogP contribution >= 0.6 is 11.3 Å². The van der Waals surface area contributed by atoms with Crippen molar-refractivity contribution in [2.75, 3.05) is 5.32 Å². The van der Waals surface area contributed by atoms with Crippen LogP contribution in [0.4, 0.5) is 5.13 Å². The lowest BCUT2D eigenvalue weighted by Gasteiger charge is -2.03. The molecule has 3 N–H and O–H groups in total. The third-order valence-corrected chi connectivity index (χ3v) is 3.86. The van der Waals surface area contributed by atoms with Gasteiger partial charge >= 0.3 is 0 Å². The predicted molar refractivity (Wildman–Crippen MR) is 82.1 cm³/mol. The fourth-order valence-corrected chi connectivity index (χ4v) is 2.94. The molecule has 0 aliphatic carbocycles. The Balaban J connectivity index is 1.88. The van der Waals surface area contributed by atoms with E-state index in [1.54, 1.807) is 0 Å². The van der Waals surface area contributed by atoms with Crippen molar-refractivity contribution in [3.05, 3.63) is 47.5 Å². The minimum Gasteiger partial charge on any atom is -0.508 e. The first-order valence-electron chi connectivity index (χ1n) is 6.23. The number of hydrogen-bond acceptors (Lipinski definition) is 5. The Kier molecular flexibility index (Phi) is 3.23. The first-order valence-corrected chi connectivity index (χ1v) is 7.04. The molecule has 21 heavy (non-hydrogen) atoms. The van der Waals surface area contributed by atoms with Gasteiger partial charge in [0.2, 0.25) is 0 Å². The first-order chi connectivity index (χ1) is 10.0. The van der Waals surface area contributed by atoms with Crippen LogP contribution in [0.3, 0.4) is 0 Å². The highest BCUT2D eigenvalue weighted by Gasteiger charge is 2.12. The van der Waals surface area contributed by atoms with Crippen molar-refractivity contribution in [3.8, 4) is 11.5 Å². The Morgan fingerprint density at radius 1 is 1.14 bits per heavy atom. The smallest absolute Gasteiger partial charge is 0.257 e. The average molecular weight is 300 g/mol. The number of phenols is 2. The van der Waals surface area contributed by atoms with Crippen molar-refractivity contribution >= 4 is 32.6 Å². The van der Waals surface area contributed by atoms with Gasteiger partial charge in [-0.15, -0.1) is 0 Å². The van der Waals surface area contributed by atoms with E-state index < -0.39 is 5.91 Å². The van der Waals surface area contributed by atoms with Gasteiger partial charge in [-0.2, -0.15) is 0 Å². The van der Waals surface area contributed by atoms with Crippen LogP contribution in [-0.4, -0.2) is 21.1 Å². The van der Waals surface area contributed by atoms with Crippen molar-refractivity contribution in [3.63, 3.8) is 0 Å². The zero-order valence-corrected chi connectivity index (χ0v) is 11.9. The molecule has 3 rings (SSSR count). The standard InChI is InChI=1S/C15H12N2O3S/c1-8-2-3-12-13(4-8)21-15(16-12)17-14(20)9-5-10(18)7-11(19)6-9/h2-7,18-19H,1H3,(H,16,17,20). The molecular weight excluding hydrogens is 288 g/mol. The van der Waals surface area contributed by atoms with E-state index in [-0.39, 0.29) is 17.1 Å². The Bertz CT molecular complexity index is 822. The van der Waals surface area contributed by atoms with Crippen LogP contribution in [0, 0.1) is 6.92 Å². The molecule has 0 unspecified atom stereocenters. The van der Waals surface area contributed by atoms with E-state index in [0.29, 0.717) is 5.13 Å². The van der Waals surface area contributed by atoms with Gasteiger partial charge in [0.15, 0.2) is 5.13 Å². The number of benzene rings is 2. The summed E-state index contributed by atoms with van der Waals surface area (Å²) in [5, 5.41) is 21.9. The Morgan fingerprint density at radius 3 is 2.57 bits per heavy atom. The number of aromatic nitrogens is 1. The summed E-state index contributed by atoms with van der Waals surface area (Å²) in [5.41, 5.74) is 2.12. The Hall–Kier alpha value is -2.60. The zero-order valence-electron chi connectivity index (χ0n) is 11.1. The molecule has 0 aliphatic heterocycles. The minimum absolute atomic E-state index is 0.167. The van der Waals surface area contributed by atoms with Crippen molar-refractivity contribution in [2.24, 2.45) is 0 Å². The van der Waals surface area contributed by atoms with E-state index in [9.17, 15) is 15.0 Å². The van der Waals surface area contributed by atoms with Gasteiger partial charge in [0.25, 0.3) is 5.91 Å². The summed E-state index contributed by atoms with van der Waals surface area (Å²) in [6.07, 6.45) is 0. The monoisotopic (exact) mass is 300 g/mol. The number of thiazole rings is 1. The van der Waals surface area contributed by atoms with Gasteiger partial charge in [-0.05, 0) is 36.8 Å². The maximum absolute atomic E-state index is 12.1. The maximum atomic E-state index is 12.1. The molecule has 0 aliphatic rings. The molecular formula is C15H12N2O3S. The van der Waals surface area contributed by atoms with E-state index in [1.165, 1.54) is 23.5 Å². The van der Waals surface area contributed by atoms with Gasteiger partial charge in [-0.1, -0.05) is 17.4 Å². The van der Waals surface area contributed by atoms with E-state index >= 15 is 0 Å². The number of amides is 1. The topological polar surface area (TPSA) is 82.5 Å². The predicted octanol–water partition coefficient (Wildman–Crippen LogP) is 3.27. The van der Waals surface area contributed by atoms with Gasteiger partial charge in [-0.3, -0.25) is 10.1 Å². The van der Waals surface area contributed by atoms with Crippen LogP contribution in [0.15, 0.2) is 36.4 Å². The molecule has 106 valence electrons. The van der Waals surface area contributed by atoms with Crippen LogP contribution in [0.1, 0.15) is 15.9 Å². The molecule has 5 nitrogen and oxygen atoms in total. The number of nitrogens with zero attached hydrogens (tertiary/aromatic N) is 1. The van der Waals surface area contributed by atoms with Crippen molar-refractivity contribution < 1.29 is 15.0 Å². The van der Waals surface area contributed by atoms with E-state index in [4.69, 9.17) is 0 Å². The molecule has 0 radical (unpaired) electrons. The summed E-state index contributed by atoms with van der Waals surface area (Å²) in [6.45, 7) is 1.99. The third kappa shape index (κ3) is 2.80. The van der Waals surface area contributed by atoms with E-state index in [2.05, 4.69) is 10.3 Å².